The van der Waals surface area contributed by atoms with Crippen molar-refractivity contribution < 1.29 is 14.6 Å². The van der Waals surface area contributed by atoms with Crippen LogP contribution in [0.3, 0.4) is 0 Å². The molecular weight excluding hydrogens is 206 g/mol. The van der Waals surface area contributed by atoms with Crippen LogP contribution in [0.4, 0.5) is 0 Å². The fraction of sp³-hybridized carbons (Fsp3) is 0.500. The lowest BCUT2D eigenvalue weighted by Crippen LogP contribution is -2.14. The summed E-state index contributed by atoms with van der Waals surface area (Å²) < 4.78 is 10.9. The van der Waals surface area contributed by atoms with Crippen LogP contribution in [0.5, 0.6) is 11.5 Å². The summed E-state index contributed by atoms with van der Waals surface area (Å²) in [5.41, 5.74) is 7.79. The van der Waals surface area contributed by atoms with Gasteiger partial charge in [0.1, 0.15) is 6.10 Å². The highest BCUT2D eigenvalue weighted by Crippen LogP contribution is 2.39. The SMILES string of the molecule is COc1cc(C(N)CO)cc2c1OC(C)C2. The van der Waals surface area contributed by atoms with Gasteiger partial charge in [0.25, 0.3) is 0 Å². The van der Waals surface area contributed by atoms with Crippen LogP contribution in [0.1, 0.15) is 24.1 Å². The molecule has 0 aromatic heterocycles. The van der Waals surface area contributed by atoms with Crippen molar-refractivity contribution in [2.45, 2.75) is 25.5 Å². The number of aliphatic hydroxyl groups excluding tert-OH is 1. The number of hydrogen-bond acceptors (Lipinski definition) is 4. The first-order valence-corrected chi connectivity index (χ1v) is 5.39. The molecule has 1 heterocycles. The van der Waals surface area contributed by atoms with Gasteiger partial charge in [-0.05, 0) is 18.6 Å². The van der Waals surface area contributed by atoms with Crippen LogP contribution >= 0.6 is 0 Å². The molecule has 2 rings (SSSR count). The summed E-state index contributed by atoms with van der Waals surface area (Å²) in [7, 11) is 1.61. The average Bonchev–Trinajstić information content (AvgIpc) is 2.66. The van der Waals surface area contributed by atoms with E-state index in [1.807, 2.05) is 19.1 Å². The van der Waals surface area contributed by atoms with E-state index < -0.39 is 0 Å². The minimum Gasteiger partial charge on any atom is -0.493 e. The molecule has 16 heavy (non-hydrogen) atoms. The van der Waals surface area contributed by atoms with Crippen LogP contribution < -0.4 is 15.2 Å². The second kappa shape index (κ2) is 4.31. The summed E-state index contributed by atoms with van der Waals surface area (Å²) in [6.45, 7) is 1.95. The van der Waals surface area contributed by atoms with Crippen molar-refractivity contribution in [1.82, 2.24) is 0 Å². The minimum atomic E-state index is -0.366. The normalized spacial score (nSPS) is 20.1. The summed E-state index contributed by atoms with van der Waals surface area (Å²) in [4.78, 5) is 0. The maximum Gasteiger partial charge on any atom is 0.164 e. The largest absolute Gasteiger partial charge is 0.493 e. The Hall–Kier alpha value is -1.26. The summed E-state index contributed by atoms with van der Waals surface area (Å²) in [5.74, 6) is 1.50. The van der Waals surface area contributed by atoms with Gasteiger partial charge < -0.3 is 20.3 Å². The van der Waals surface area contributed by atoms with E-state index in [2.05, 4.69) is 0 Å². The molecule has 0 fully saturated rings. The fourth-order valence-electron chi connectivity index (χ4n) is 1.99. The molecule has 4 nitrogen and oxygen atoms in total. The van der Waals surface area contributed by atoms with Crippen molar-refractivity contribution in [2.24, 2.45) is 5.73 Å². The third-order valence-corrected chi connectivity index (χ3v) is 2.83. The smallest absolute Gasteiger partial charge is 0.164 e. The standard InChI is InChI=1S/C12H17NO3/c1-7-3-9-4-8(10(13)6-14)5-11(15-2)12(9)16-7/h4-5,7,10,14H,3,6,13H2,1-2H3. The van der Waals surface area contributed by atoms with E-state index in [4.69, 9.17) is 20.3 Å². The molecular formula is C12H17NO3. The number of nitrogens with two attached hydrogens (primary N) is 1. The quantitative estimate of drug-likeness (QED) is 0.802. The van der Waals surface area contributed by atoms with Gasteiger partial charge in [0.05, 0.1) is 19.8 Å². The zero-order chi connectivity index (χ0) is 11.7. The molecule has 1 aromatic rings. The highest BCUT2D eigenvalue weighted by Gasteiger charge is 2.24. The zero-order valence-corrected chi connectivity index (χ0v) is 9.56. The predicted molar refractivity (Wildman–Crippen MR) is 60.8 cm³/mol. The first kappa shape index (κ1) is 11.2. The minimum absolute atomic E-state index is 0.0711. The summed E-state index contributed by atoms with van der Waals surface area (Å²) >= 11 is 0. The van der Waals surface area contributed by atoms with Gasteiger partial charge in [-0.15, -0.1) is 0 Å². The Kier molecular flexibility index (Phi) is 3.03. The lowest BCUT2D eigenvalue weighted by atomic mass is 10.0. The molecule has 1 aliphatic heterocycles. The Morgan fingerprint density at radius 3 is 3.00 bits per heavy atom. The topological polar surface area (TPSA) is 64.7 Å². The van der Waals surface area contributed by atoms with Gasteiger partial charge in [0.2, 0.25) is 0 Å². The van der Waals surface area contributed by atoms with E-state index in [0.29, 0.717) is 5.75 Å². The lowest BCUT2D eigenvalue weighted by molar-refractivity contribution is 0.243. The Labute approximate surface area is 95.0 Å². The van der Waals surface area contributed by atoms with Crippen molar-refractivity contribution >= 4 is 0 Å². The number of fused-ring (bicyclic) bond motifs is 1. The van der Waals surface area contributed by atoms with E-state index in [9.17, 15) is 0 Å². The third-order valence-electron chi connectivity index (χ3n) is 2.83. The molecule has 0 aliphatic carbocycles. The molecule has 0 saturated carbocycles. The van der Waals surface area contributed by atoms with Gasteiger partial charge >= 0.3 is 0 Å². The number of aliphatic hydroxyl groups is 1. The second-order valence-electron chi connectivity index (χ2n) is 4.13. The Bertz CT molecular complexity index is 392. The van der Waals surface area contributed by atoms with E-state index in [1.165, 1.54) is 0 Å². The molecule has 2 unspecified atom stereocenters. The molecule has 0 spiro atoms. The van der Waals surface area contributed by atoms with Gasteiger partial charge in [0.15, 0.2) is 11.5 Å². The molecule has 4 heteroatoms. The lowest BCUT2D eigenvalue weighted by Gasteiger charge is -2.13. The first-order chi connectivity index (χ1) is 7.65. The van der Waals surface area contributed by atoms with Crippen LogP contribution in [0.25, 0.3) is 0 Å². The van der Waals surface area contributed by atoms with Crippen molar-refractivity contribution in [1.29, 1.82) is 0 Å². The monoisotopic (exact) mass is 223 g/mol. The number of hydrogen-bond donors (Lipinski definition) is 2. The van der Waals surface area contributed by atoms with E-state index in [0.717, 1.165) is 23.3 Å². The molecule has 0 radical (unpaired) electrons. The number of methoxy groups -OCH3 is 1. The van der Waals surface area contributed by atoms with Crippen LogP contribution in [0.2, 0.25) is 0 Å². The van der Waals surface area contributed by atoms with Gasteiger partial charge in [-0.2, -0.15) is 0 Å². The molecule has 2 atom stereocenters. The second-order valence-corrected chi connectivity index (χ2v) is 4.13. The van der Waals surface area contributed by atoms with Crippen molar-refractivity contribution in [2.75, 3.05) is 13.7 Å². The summed E-state index contributed by atoms with van der Waals surface area (Å²) in [6.07, 6.45) is 1.03. The summed E-state index contributed by atoms with van der Waals surface area (Å²) in [6, 6.07) is 3.45. The van der Waals surface area contributed by atoms with Crippen LogP contribution in [0.15, 0.2) is 12.1 Å². The maximum absolute atomic E-state index is 9.06. The first-order valence-electron chi connectivity index (χ1n) is 5.39. The van der Waals surface area contributed by atoms with Crippen LogP contribution in [-0.2, 0) is 6.42 Å². The van der Waals surface area contributed by atoms with Crippen LogP contribution in [-0.4, -0.2) is 24.9 Å². The molecule has 0 saturated heterocycles. The van der Waals surface area contributed by atoms with E-state index in [-0.39, 0.29) is 18.8 Å². The molecule has 0 bridgehead atoms. The van der Waals surface area contributed by atoms with Gasteiger partial charge in [-0.25, -0.2) is 0 Å². The Morgan fingerprint density at radius 1 is 1.62 bits per heavy atom. The molecule has 1 aromatic carbocycles. The Morgan fingerprint density at radius 2 is 2.38 bits per heavy atom. The predicted octanol–water partition coefficient (Wildman–Crippen LogP) is 1.01. The molecule has 0 amide bonds. The van der Waals surface area contributed by atoms with E-state index >= 15 is 0 Å². The highest BCUT2D eigenvalue weighted by atomic mass is 16.5. The fourth-order valence-corrected chi connectivity index (χ4v) is 1.99. The summed E-state index contributed by atoms with van der Waals surface area (Å²) in [5, 5.41) is 9.06. The van der Waals surface area contributed by atoms with Crippen molar-refractivity contribution in [3.05, 3.63) is 23.3 Å². The van der Waals surface area contributed by atoms with Gasteiger partial charge in [-0.1, -0.05) is 6.07 Å². The van der Waals surface area contributed by atoms with Crippen LogP contribution in [0, 0.1) is 0 Å². The van der Waals surface area contributed by atoms with E-state index in [1.54, 1.807) is 7.11 Å². The number of benzene rings is 1. The zero-order valence-electron chi connectivity index (χ0n) is 9.56. The van der Waals surface area contributed by atoms with Crippen molar-refractivity contribution in [3.8, 4) is 11.5 Å². The van der Waals surface area contributed by atoms with Crippen molar-refractivity contribution in [3.63, 3.8) is 0 Å². The Balaban J connectivity index is 2.42. The molecule has 1 aliphatic rings. The average molecular weight is 223 g/mol. The van der Waals surface area contributed by atoms with Gasteiger partial charge in [-0.3, -0.25) is 0 Å². The highest BCUT2D eigenvalue weighted by molar-refractivity contribution is 5.52. The third kappa shape index (κ3) is 1.86. The molecule has 88 valence electrons. The maximum atomic E-state index is 9.06. The van der Waals surface area contributed by atoms with Gasteiger partial charge in [0, 0.05) is 12.0 Å². The molecule has 3 N–H and O–H groups in total. The number of rotatable bonds is 3. The number of ether oxygens (including phenoxy) is 2.